The zero-order chi connectivity index (χ0) is 17.2. The maximum atomic E-state index is 12.6. The summed E-state index contributed by atoms with van der Waals surface area (Å²) in [7, 11) is 1.40. The van der Waals surface area contributed by atoms with Crippen molar-refractivity contribution in [3.8, 4) is 0 Å². The van der Waals surface area contributed by atoms with Crippen molar-refractivity contribution in [2.24, 2.45) is 5.41 Å². The number of rotatable bonds is 5. The highest BCUT2D eigenvalue weighted by Gasteiger charge is 2.47. The average molecular weight is 322 g/mol. The molecule has 0 spiro atoms. The van der Waals surface area contributed by atoms with E-state index in [2.05, 4.69) is 0 Å². The Morgan fingerprint density at radius 3 is 2.74 bits per heavy atom. The number of nitro benzene ring substituents is 1. The normalized spacial score (nSPS) is 20.5. The first kappa shape index (κ1) is 16.9. The molecule has 1 aliphatic heterocycles. The molecule has 1 aromatic rings. The van der Waals surface area contributed by atoms with E-state index >= 15 is 0 Å². The number of nitro groups is 1. The lowest BCUT2D eigenvalue weighted by atomic mass is 9.88. The van der Waals surface area contributed by atoms with Crippen molar-refractivity contribution in [2.45, 2.75) is 13.3 Å². The van der Waals surface area contributed by atoms with Crippen LogP contribution in [0.4, 0.5) is 5.69 Å². The predicted molar refractivity (Wildman–Crippen MR) is 80.3 cm³/mol. The van der Waals surface area contributed by atoms with Gasteiger partial charge in [-0.05, 0) is 19.4 Å². The molecule has 124 valence electrons. The van der Waals surface area contributed by atoms with Gasteiger partial charge in [0.2, 0.25) is 0 Å². The van der Waals surface area contributed by atoms with Crippen LogP contribution in [0.1, 0.15) is 22.3 Å². The highest BCUT2D eigenvalue weighted by Crippen LogP contribution is 2.33. The molecule has 0 aromatic heterocycles. The van der Waals surface area contributed by atoms with Gasteiger partial charge in [-0.2, -0.15) is 0 Å². The summed E-state index contributed by atoms with van der Waals surface area (Å²) in [5.74, 6) is -1.56. The Balaban J connectivity index is 2.32. The Bertz CT molecular complexity index is 659. The van der Waals surface area contributed by atoms with Crippen LogP contribution in [0.25, 0.3) is 0 Å². The van der Waals surface area contributed by atoms with Gasteiger partial charge in [0.25, 0.3) is 11.6 Å². The van der Waals surface area contributed by atoms with Crippen LogP contribution >= 0.6 is 0 Å². The van der Waals surface area contributed by atoms with Crippen molar-refractivity contribution in [2.75, 3.05) is 26.8 Å². The van der Waals surface area contributed by atoms with Gasteiger partial charge in [-0.15, -0.1) is 0 Å². The number of amides is 1. The SMILES string of the molecule is COCC1(C(=O)O)CCN(C(=O)c2cccc(C)c2[N+](=O)[O-])C1. The highest BCUT2D eigenvalue weighted by atomic mass is 16.6. The number of carbonyl (C=O) groups is 2. The molecule has 8 nitrogen and oxygen atoms in total. The maximum Gasteiger partial charge on any atom is 0.313 e. The molecule has 1 saturated heterocycles. The van der Waals surface area contributed by atoms with Gasteiger partial charge < -0.3 is 14.7 Å². The molecule has 1 atom stereocenters. The zero-order valence-corrected chi connectivity index (χ0v) is 12.9. The Morgan fingerprint density at radius 2 is 2.17 bits per heavy atom. The van der Waals surface area contributed by atoms with Crippen molar-refractivity contribution < 1.29 is 24.4 Å². The number of likely N-dealkylation sites (tertiary alicyclic amines) is 1. The molecule has 1 aromatic carbocycles. The quantitative estimate of drug-likeness (QED) is 0.649. The van der Waals surface area contributed by atoms with Crippen molar-refractivity contribution in [1.82, 2.24) is 4.90 Å². The van der Waals surface area contributed by atoms with E-state index in [4.69, 9.17) is 4.74 Å². The van der Waals surface area contributed by atoms with Gasteiger partial charge in [-0.3, -0.25) is 19.7 Å². The van der Waals surface area contributed by atoms with E-state index in [0.717, 1.165) is 0 Å². The highest BCUT2D eigenvalue weighted by molar-refractivity contribution is 5.99. The summed E-state index contributed by atoms with van der Waals surface area (Å²) < 4.78 is 4.98. The first-order valence-electron chi connectivity index (χ1n) is 7.08. The van der Waals surface area contributed by atoms with Crippen LogP contribution in [0.2, 0.25) is 0 Å². The molecule has 2 rings (SSSR count). The molecule has 1 heterocycles. The molecule has 1 fully saturated rings. The number of carbonyl (C=O) groups excluding carboxylic acids is 1. The monoisotopic (exact) mass is 322 g/mol. The van der Waals surface area contributed by atoms with E-state index in [-0.39, 0.29) is 37.4 Å². The van der Waals surface area contributed by atoms with Gasteiger partial charge in [0, 0.05) is 25.8 Å². The standard InChI is InChI=1S/C15H18N2O6/c1-10-4-3-5-11(12(10)17(21)22)13(18)16-7-6-15(8-16,9-23-2)14(19)20/h3-5H,6-9H2,1-2H3,(H,19,20). The number of hydrogen-bond acceptors (Lipinski definition) is 5. The first-order valence-corrected chi connectivity index (χ1v) is 7.08. The number of aliphatic carboxylic acids is 1. The molecule has 0 aliphatic carbocycles. The topological polar surface area (TPSA) is 110 Å². The fourth-order valence-corrected chi connectivity index (χ4v) is 2.92. The lowest BCUT2D eigenvalue weighted by Gasteiger charge is -2.23. The molecular weight excluding hydrogens is 304 g/mol. The van der Waals surface area contributed by atoms with Crippen LogP contribution in [0.15, 0.2) is 18.2 Å². The molecule has 1 amide bonds. The second-order valence-corrected chi connectivity index (χ2v) is 5.72. The van der Waals surface area contributed by atoms with Crippen LogP contribution in [-0.2, 0) is 9.53 Å². The number of benzene rings is 1. The molecule has 8 heteroatoms. The Hall–Kier alpha value is -2.48. The summed E-state index contributed by atoms with van der Waals surface area (Å²) in [6, 6.07) is 4.53. The third-order valence-electron chi connectivity index (χ3n) is 4.17. The van der Waals surface area contributed by atoms with Gasteiger partial charge in [-0.1, -0.05) is 12.1 Å². The fourth-order valence-electron chi connectivity index (χ4n) is 2.92. The third-order valence-corrected chi connectivity index (χ3v) is 4.17. The van der Waals surface area contributed by atoms with Crippen molar-refractivity contribution in [3.63, 3.8) is 0 Å². The second kappa shape index (κ2) is 6.33. The van der Waals surface area contributed by atoms with E-state index in [1.807, 2.05) is 0 Å². The predicted octanol–water partition coefficient (Wildman–Crippen LogP) is 1.47. The lowest BCUT2D eigenvalue weighted by molar-refractivity contribution is -0.385. The van der Waals surface area contributed by atoms with Crippen molar-refractivity contribution in [3.05, 3.63) is 39.4 Å². The fraction of sp³-hybridized carbons (Fsp3) is 0.467. The molecule has 0 saturated carbocycles. The summed E-state index contributed by atoms with van der Waals surface area (Å²) in [6.07, 6.45) is 0.252. The van der Waals surface area contributed by atoms with Gasteiger partial charge in [0.1, 0.15) is 11.0 Å². The number of nitrogens with zero attached hydrogens (tertiary/aromatic N) is 2. The number of aryl methyl sites for hydroxylation is 1. The molecule has 1 aliphatic rings. The number of para-hydroxylation sites is 1. The first-order chi connectivity index (χ1) is 10.8. The van der Waals surface area contributed by atoms with Crippen molar-refractivity contribution >= 4 is 17.6 Å². The number of methoxy groups -OCH3 is 1. The largest absolute Gasteiger partial charge is 0.481 e. The summed E-state index contributed by atoms with van der Waals surface area (Å²) in [5.41, 5.74) is -1.03. The summed E-state index contributed by atoms with van der Waals surface area (Å²) >= 11 is 0. The Labute approximate surface area is 132 Å². The maximum absolute atomic E-state index is 12.6. The van der Waals surface area contributed by atoms with E-state index in [1.165, 1.54) is 18.1 Å². The minimum Gasteiger partial charge on any atom is -0.481 e. The van der Waals surface area contributed by atoms with Gasteiger partial charge in [0.15, 0.2) is 0 Å². The zero-order valence-electron chi connectivity index (χ0n) is 12.9. The summed E-state index contributed by atoms with van der Waals surface area (Å²) in [5, 5.41) is 20.6. The Kier molecular flexibility index (Phi) is 4.65. The molecule has 0 bridgehead atoms. The molecule has 23 heavy (non-hydrogen) atoms. The summed E-state index contributed by atoms with van der Waals surface area (Å²) in [6.45, 7) is 1.74. The molecule has 0 radical (unpaired) electrons. The van der Waals surface area contributed by atoms with Crippen molar-refractivity contribution in [1.29, 1.82) is 0 Å². The lowest BCUT2D eigenvalue weighted by Crippen LogP contribution is -2.40. The van der Waals surface area contributed by atoms with E-state index in [9.17, 15) is 24.8 Å². The molecule has 1 N–H and O–H groups in total. The van der Waals surface area contributed by atoms with E-state index < -0.39 is 22.2 Å². The van der Waals surface area contributed by atoms with Gasteiger partial charge >= 0.3 is 5.97 Å². The van der Waals surface area contributed by atoms with Crippen LogP contribution in [0, 0.1) is 22.5 Å². The van der Waals surface area contributed by atoms with Crippen LogP contribution in [0.5, 0.6) is 0 Å². The van der Waals surface area contributed by atoms with E-state index in [1.54, 1.807) is 19.1 Å². The second-order valence-electron chi connectivity index (χ2n) is 5.72. The summed E-state index contributed by atoms with van der Waals surface area (Å²) in [4.78, 5) is 36.1. The van der Waals surface area contributed by atoms with Crippen LogP contribution < -0.4 is 0 Å². The minimum absolute atomic E-state index is 0.0119. The van der Waals surface area contributed by atoms with Gasteiger partial charge in [-0.25, -0.2) is 0 Å². The number of ether oxygens (including phenoxy) is 1. The average Bonchev–Trinajstić information content (AvgIpc) is 2.92. The molecule has 1 unspecified atom stereocenters. The molecular formula is C15H18N2O6. The smallest absolute Gasteiger partial charge is 0.313 e. The number of hydrogen-bond donors (Lipinski definition) is 1. The van der Waals surface area contributed by atoms with E-state index in [0.29, 0.717) is 5.56 Å². The third kappa shape index (κ3) is 3.02. The number of carboxylic acids is 1. The van der Waals surface area contributed by atoms with Gasteiger partial charge in [0.05, 0.1) is 11.5 Å². The Morgan fingerprint density at radius 1 is 1.48 bits per heavy atom. The van der Waals surface area contributed by atoms with Crippen LogP contribution in [0.3, 0.4) is 0 Å². The minimum atomic E-state index is -1.16. The van der Waals surface area contributed by atoms with Crippen LogP contribution in [-0.4, -0.2) is 53.6 Å². The number of carboxylic acid groups (broad SMARTS) is 1.